The quantitative estimate of drug-likeness (QED) is 0.909. The molecule has 104 valence electrons. The Morgan fingerprint density at radius 3 is 2.95 bits per heavy atom. The highest BCUT2D eigenvalue weighted by Crippen LogP contribution is 2.34. The molecule has 2 aromatic rings. The first-order valence-electron chi connectivity index (χ1n) is 6.39. The second kappa shape index (κ2) is 5.28. The first-order chi connectivity index (χ1) is 9.69. The van der Waals surface area contributed by atoms with Crippen LogP contribution < -0.4 is 5.32 Å². The average molecular weight is 291 g/mol. The van der Waals surface area contributed by atoms with E-state index in [1.165, 1.54) is 12.1 Å². The lowest BCUT2D eigenvalue weighted by molar-refractivity contribution is 0.432. The van der Waals surface area contributed by atoms with Gasteiger partial charge in [0.25, 0.3) is 0 Å². The molecule has 0 spiro atoms. The number of aromatic hydroxyl groups is 1. The van der Waals surface area contributed by atoms with E-state index in [1.54, 1.807) is 17.8 Å². The molecule has 2 N–H and O–H groups in total. The highest BCUT2D eigenvalue weighted by Gasteiger charge is 2.20. The number of halogens is 1. The number of anilines is 1. The zero-order valence-electron chi connectivity index (χ0n) is 11.0. The summed E-state index contributed by atoms with van der Waals surface area (Å²) in [6, 6.07) is 4.20. The molecule has 1 aliphatic heterocycles. The van der Waals surface area contributed by atoms with Crippen molar-refractivity contribution in [3.63, 3.8) is 0 Å². The van der Waals surface area contributed by atoms with E-state index in [-0.39, 0.29) is 5.75 Å². The summed E-state index contributed by atoms with van der Waals surface area (Å²) in [7, 11) is 0. The van der Waals surface area contributed by atoms with E-state index in [0.717, 1.165) is 35.1 Å². The second-order valence-electron chi connectivity index (χ2n) is 4.51. The lowest BCUT2D eigenvalue weighted by Gasteiger charge is -2.10. The van der Waals surface area contributed by atoms with Crippen LogP contribution in [0.3, 0.4) is 0 Å². The maximum absolute atomic E-state index is 13.5. The third kappa shape index (κ3) is 2.31. The number of thioether (sulfide) groups is 1. The van der Waals surface area contributed by atoms with Crippen LogP contribution in [0.2, 0.25) is 0 Å². The van der Waals surface area contributed by atoms with E-state index in [9.17, 15) is 9.50 Å². The lowest BCUT2D eigenvalue weighted by Crippen LogP contribution is -2.06. The molecule has 0 radical (unpaired) electrons. The molecule has 4 nitrogen and oxygen atoms in total. The summed E-state index contributed by atoms with van der Waals surface area (Å²) >= 11 is 1.80. The van der Waals surface area contributed by atoms with Crippen molar-refractivity contribution in [2.75, 3.05) is 11.9 Å². The summed E-state index contributed by atoms with van der Waals surface area (Å²) in [6.45, 7) is 2.79. The Morgan fingerprint density at radius 1 is 1.35 bits per heavy atom. The van der Waals surface area contributed by atoms with Crippen molar-refractivity contribution in [2.45, 2.75) is 18.4 Å². The fourth-order valence-electron chi connectivity index (χ4n) is 2.14. The molecule has 0 amide bonds. The van der Waals surface area contributed by atoms with E-state index in [1.807, 2.05) is 6.92 Å². The molecule has 0 atom stereocenters. The minimum absolute atomic E-state index is 0.364. The van der Waals surface area contributed by atoms with Crippen LogP contribution in [0.1, 0.15) is 18.2 Å². The van der Waals surface area contributed by atoms with Crippen LogP contribution in [0.25, 0.3) is 11.4 Å². The van der Waals surface area contributed by atoms with Crippen LogP contribution in [0.15, 0.2) is 18.2 Å². The monoisotopic (exact) mass is 291 g/mol. The number of phenols is 1. The highest BCUT2D eigenvalue weighted by atomic mass is 32.2. The highest BCUT2D eigenvalue weighted by molar-refractivity contribution is 7.98. The number of nitrogens with one attached hydrogen (secondary N) is 1. The van der Waals surface area contributed by atoms with Gasteiger partial charge in [-0.2, -0.15) is 11.8 Å². The number of rotatable bonds is 3. The summed E-state index contributed by atoms with van der Waals surface area (Å²) in [5, 5.41) is 12.5. The Hall–Kier alpha value is -1.82. The van der Waals surface area contributed by atoms with Crippen molar-refractivity contribution in [1.82, 2.24) is 9.97 Å². The number of fused-ring (bicyclic) bond motifs is 1. The molecule has 20 heavy (non-hydrogen) atoms. The summed E-state index contributed by atoms with van der Waals surface area (Å²) in [5.41, 5.74) is 2.71. The average Bonchev–Trinajstić information content (AvgIpc) is 2.90. The predicted molar refractivity (Wildman–Crippen MR) is 78.3 cm³/mol. The zero-order chi connectivity index (χ0) is 14.1. The molecule has 0 fully saturated rings. The minimum atomic E-state index is -0.661. The van der Waals surface area contributed by atoms with Gasteiger partial charge in [0.05, 0.1) is 5.69 Å². The first-order valence-corrected chi connectivity index (χ1v) is 7.54. The maximum atomic E-state index is 13.5. The lowest BCUT2D eigenvalue weighted by atomic mass is 10.1. The van der Waals surface area contributed by atoms with Crippen molar-refractivity contribution in [1.29, 1.82) is 0 Å². The van der Waals surface area contributed by atoms with E-state index >= 15 is 0 Å². The van der Waals surface area contributed by atoms with Crippen LogP contribution in [0.5, 0.6) is 5.75 Å². The Balaban J connectivity index is 2.09. The van der Waals surface area contributed by atoms with Crippen molar-refractivity contribution in [2.24, 2.45) is 0 Å². The van der Waals surface area contributed by atoms with Crippen molar-refractivity contribution < 1.29 is 9.50 Å². The normalized spacial score (nSPS) is 13.3. The summed E-state index contributed by atoms with van der Waals surface area (Å²) < 4.78 is 13.5. The molecule has 1 aliphatic rings. The molecule has 6 heteroatoms. The van der Waals surface area contributed by atoms with Crippen LogP contribution in [-0.2, 0) is 11.5 Å². The Kier molecular flexibility index (Phi) is 3.48. The number of hydrogen-bond acceptors (Lipinski definition) is 5. The van der Waals surface area contributed by atoms with Crippen LogP contribution in [0.4, 0.5) is 10.2 Å². The van der Waals surface area contributed by atoms with E-state index in [4.69, 9.17) is 0 Å². The molecular formula is C14H14FN3OS. The SMILES string of the molecule is CCNc1nc(-c2ccc(O)c(F)c2)nc2c1CSC2. The maximum Gasteiger partial charge on any atom is 0.165 e. The van der Waals surface area contributed by atoms with Crippen LogP contribution in [0, 0.1) is 5.82 Å². The van der Waals surface area contributed by atoms with E-state index < -0.39 is 5.82 Å². The molecule has 0 bridgehead atoms. The van der Waals surface area contributed by atoms with Gasteiger partial charge in [0.15, 0.2) is 17.4 Å². The topological polar surface area (TPSA) is 58.0 Å². The molecule has 1 aromatic heterocycles. The van der Waals surface area contributed by atoms with Gasteiger partial charge in [-0.3, -0.25) is 0 Å². The molecule has 0 aliphatic carbocycles. The van der Waals surface area contributed by atoms with Gasteiger partial charge < -0.3 is 10.4 Å². The van der Waals surface area contributed by atoms with Crippen molar-refractivity contribution in [3.05, 3.63) is 35.3 Å². The van der Waals surface area contributed by atoms with Crippen molar-refractivity contribution in [3.8, 4) is 17.1 Å². The molecular weight excluding hydrogens is 277 g/mol. The molecule has 0 saturated carbocycles. The third-order valence-electron chi connectivity index (χ3n) is 3.13. The van der Waals surface area contributed by atoms with Crippen LogP contribution in [-0.4, -0.2) is 21.6 Å². The fourth-order valence-corrected chi connectivity index (χ4v) is 3.18. The standard InChI is InChI=1S/C14H14FN3OS/c1-2-16-14-9-6-20-7-11(9)17-13(18-14)8-3-4-12(19)10(15)5-8/h3-5,19H,2,6-7H2,1H3,(H,16,17,18). The Bertz CT molecular complexity index is 663. The van der Waals surface area contributed by atoms with Gasteiger partial charge >= 0.3 is 0 Å². The van der Waals surface area contributed by atoms with Crippen LogP contribution >= 0.6 is 11.8 Å². The van der Waals surface area contributed by atoms with E-state index in [0.29, 0.717) is 11.4 Å². The molecule has 2 heterocycles. The number of nitrogens with zero attached hydrogens (tertiary/aromatic N) is 2. The van der Waals surface area contributed by atoms with Gasteiger partial charge in [-0.25, -0.2) is 14.4 Å². The summed E-state index contributed by atoms with van der Waals surface area (Å²) in [4.78, 5) is 9.01. The zero-order valence-corrected chi connectivity index (χ0v) is 11.8. The molecule has 0 unspecified atom stereocenters. The smallest absolute Gasteiger partial charge is 0.165 e. The Labute approximate surface area is 120 Å². The second-order valence-corrected chi connectivity index (χ2v) is 5.50. The minimum Gasteiger partial charge on any atom is -0.505 e. The molecule has 3 rings (SSSR count). The molecule has 1 aromatic carbocycles. The van der Waals surface area contributed by atoms with Gasteiger partial charge in [-0.1, -0.05) is 0 Å². The number of benzene rings is 1. The van der Waals surface area contributed by atoms with Gasteiger partial charge in [-0.15, -0.1) is 0 Å². The van der Waals surface area contributed by atoms with Gasteiger partial charge in [0.1, 0.15) is 5.82 Å². The molecule has 0 saturated heterocycles. The first kappa shape index (κ1) is 13.2. The van der Waals surface area contributed by atoms with Gasteiger partial charge in [-0.05, 0) is 25.1 Å². The van der Waals surface area contributed by atoms with Gasteiger partial charge in [0.2, 0.25) is 0 Å². The summed E-state index contributed by atoms with van der Waals surface area (Å²) in [6.07, 6.45) is 0. The number of hydrogen-bond donors (Lipinski definition) is 2. The van der Waals surface area contributed by atoms with E-state index in [2.05, 4.69) is 15.3 Å². The summed E-state index contributed by atoms with van der Waals surface area (Å²) in [5.74, 6) is 2.04. The number of aromatic nitrogens is 2. The van der Waals surface area contributed by atoms with Gasteiger partial charge in [0, 0.05) is 29.2 Å². The largest absolute Gasteiger partial charge is 0.505 e. The fraction of sp³-hybridized carbons (Fsp3) is 0.286. The predicted octanol–water partition coefficient (Wildman–Crippen LogP) is 3.17. The Morgan fingerprint density at radius 2 is 2.20 bits per heavy atom. The van der Waals surface area contributed by atoms with Crippen molar-refractivity contribution >= 4 is 17.6 Å². The number of phenolic OH excluding ortho intramolecular Hbond substituents is 1. The third-order valence-corrected chi connectivity index (χ3v) is 4.10.